The molecule has 2 rings (SSSR count). The molecule has 0 saturated carbocycles. The van der Waals surface area contributed by atoms with Crippen molar-refractivity contribution in [2.75, 3.05) is 6.54 Å². The molecule has 0 aromatic heterocycles. The molecular formula is C21H23FN2O. The monoisotopic (exact) mass is 338 g/mol. The van der Waals surface area contributed by atoms with Gasteiger partial charge in [-0.15, -0.1) is 0 Å². The van der Waals surface area contributed by atoms with E-state index in [1.165, 1.54) is 24.3 Å². The van der Waals surface area contributed by atoms with Crippen molar-refractivity contribution < 1.29 is 9.18 Å². The lowest BCUT2D eigenvalue weighted by Gasteiger charge is -2.03. The highest BCUT2D eigenvalue weighted by atomic mass is 19.1. The second-order valence-corrected chi connectivity index (χ2v) is 5.86. The van der Waals surface area contributed by atoms with Crippen molar-refractivity contribution in [3.63, 3.8) is 0 Å². The largest absolute Gasteiger partial charge is 0.352 e. The first kappa shape index (κ1) is 18.6. The van der Waals surface area contributed by atoms with Crippen molar-refractivity contribution in [1.82, 2.24) is 5.32 Å². The van der Waals surface area contributed by atoms with Gasteiger partial charge in [-0.3, -0.25) is 9.79 Å². The Morgan fingerprint density at radius 1 is 1.12 bits per heavy atom. The van der Waals surface area contributed by atoms with E-state index in [9.17, 15) is 9.18 Å². The van der Waals surface area contributed by atoms with Crippen LogP contribution in [0.25, 0.3) is 0 Å². The zero-order valence-electron chi connectivity index (χ0n) is 14.6. The molecule has 4 heteroatoms. The number of para-hydroxylation sites is 1. The van der Waals surface area contributed by atoms with Crippen molar-refractivity contribution in [2.24, 2.45) is 4.99 Å². The Balaban J connectivity index is 1.72. The van der Waals surface area contributed by atoms with Crippen LogP contribution in [-0.2, 0) is 0 Å². The molecule has 0 saturated heterocycles. The van der Waals surface area contributed by atoms with Crippen LogP contribution in [0, 0.1) is 12.7 Å². The highest BCUT2D eigenvalue weighted by molar-refractivity contribution is 5.94. The number of nitrogens with one attached hydrogen (secondary N) is 1. The number of nitrogens with zero attached hydrogens (tertiary/aromatic N) is 1. The first-order valence-electron chi connectivity index (χ1n) is 8.35. The average Bonchev–Trinajstić information content (AvgIpc) is 2.60. The number of aliphatic imine (C=N–C) groups is 1. The van der Waals surface area contributed by atoms with Gasteiger partial charge < -0.3 is 5.32 Å². The van der Waals surface area contributed by atoms with E-state index in [-0.39, 0.29) is 11.7 Å². The molecule has 0 atom stereocenters. The van der Waals surface area contributed by atoms with Gasteiger partial charge >= 0.3 is 0 Å². The molecule has 0 unspecified atom stereocenters. The Morgan fingerprint density at radius 2 is 1.84 bits per heavy atom. The summed E-state index contributed by atoms with van der Waals surface area (Å²) in [4.78, 5) is 16.5. The predicted molar refractivity (Wildman–Crippen MR) is 101 cm³/mol. The van der Waals surface area contributed by atoms with Crippen LogP contribution in [-0.4, -0.2) is 18.2 Å². The second kappa shape index (κ2) is 9.52. The number of carbonyl (C=O) groups excluding carboxylic acids is 1. The number of aryl methyl sites for hydroxylation is 1. The van der Waals surface area contributed by atoms with E-state index in [0.717, 1.165) is 29.8 Å². The van der Waals surface area contributed by atoms with Crippen LogP contribution in [0.2, 0.25) is 0 Å². The molecular weight excluding hydrogens is 315 g/mol. The molecule has 0 radical (unpaired) electrons. The van der Waals surface area contributed by atoms with E-state index >= 15 is 0 Å². The second-order valence-electron chi connectivity index (χ2n) is 5.86. The Kier molecular flexibility index (Phi) is 7.08. The number of allylic oxidation sites excluding steroid dienone is 1. The van der Waals surface area contributed by atoms with Crippen molar-refractivity contribution in [3.05, 3.63) is 77.6 Å². The van der Waals surface area contributed by atoms with E-state index in [4.69, 9.17) is 0 Å². The average molecular weight is 338 g/mol. The van der Waals surface area contributed by atoms with E-state index in [2.05, 4.69) is 16.4 Å². The lowest BCUT2D eigenvalue weighted by atomic mass is 10.2. The van der Waals surface area contributed by atoms with Gasteiger partial charge in [-0.1, -0.05) is 30.4 Å². The molecule has 1 amide bonds. The Hall–Kier alpha value is -2.75. The highest BCUT2D eigenvalue weighted by Crippen LogP contribution is 2.17. The van der Waals surface area contributed by atoms with Gasteiger partial charge in [0.1, 0.15) is 5.82 Å². The van der Waals surface area contributed by atoms with Crippen LogP contribution in [0.5, 0.6) is 0 Å². The summed E-state index contributed by atoms with van der Waals surface area (Å²) in [5.41, 5.74) is 3.67. The summed E-state index contributed by atoms with van der Waals surface area (Å²) in [6.07, 6.45) is 5.60. The summed E-state index contributed by atoms with van der Waals surface area (Å²) in [5.74, 6) is -0.534. The number of hydrogen-bond acceptors (Lipinski definition) is 2. The molecule has 0 aliphatic heterocycles. The van der Waals surface area contributed by atoms with Crippen LogP contribution >= 0.6 is 0 Å². The standard InChI is InChI=1S/C21H23FN2O/c1-16-8-5-6-10-20(16)24-17(2)9-4-3-7-15-23-21(25)18-11-13-19(22)14-12-18/h3-6,8,10-14H,7,9,15H2,1-2H3,(H,23,25)/b4-3+,24-17?. The molecule has 0 spiro atoms. The van der Waals surface area contributed by atoms with Crippen LogP contribution < -0.4 is 5.32 Å². The van der Waals surface area contributed by atoms with E-state index < -0.39 is 0 Å². The van der Waals surface area contributed by atoms with Crippen LogP contribution in [0.4, 0.5) is 10.1 Å². The van der Waals surface area contributed by atoms with Crippen molar-refractivity contribution >= 4 is 17.3 Å². The first-order chi connectivity index (χ1) is 12.1. The van der Waals surface area contributed by atoms with Crippen LogP contribution in [0.1, 0.15) is 35.7 Å². The van der Waals surface area contributed by atoms with Gasteiger partial charge in [0.25, 0.3) is 5.91 Å². The third kappa shape index (κ3) is 6.34. The number of halogens is 1. The maximum atomic E-state index is 12.8. The van der Waals surface area contributed by atoms with E-state index in [1.54, 1.807) is 0 Å². The quantitative estimate of drug-likeness (QED) is 0.431. The third-order valence-electron chi connectivity index (χ3n) is 3.71. The summed E-state index contributed by atoms with van der Waals surface area (Å²) >= 11 is 0. The van der Waals surface area contributed by atoms with E-state index in [1.807, 2.05) is 44.2 Å². The Labute approximate surface area is 148 Å². The smallest absolute Gasteiger partial charge is 0.251 e. The van der Waals surface area contributed by atoms with E-state index in [0.29, 0.717) is 12.1 Å². The van der Waals surface area contributed by atoms with Crippen LogP contribution in [0.15, 0.2) is 65.7 Å². The molecule has 2 aromatic carbocycles. The minimum atomic E-state index is -0.345. The zero-order chi connectivity index (χ0) is 18.1. The minimum absolute atomic E-state index is 0.189. The number of rotatable bonds is 7. The lowest BCUT2D eigenvalue weighted by Crippen LogP contribution is -2.24. The maximum absolute atomic E-state index is 12.8. The molecule has 0 aliphatic carbocycles. The molecule has 2 aromatic rings. The van der Waals surface area contributed by atoms with Crippen LogP contribution in [0.3, 0.4) is 0 Å². The SMILES string of the molecule is CC(C/C=C/CCNC(=O)c1ccc(F)cc1)=Nc1ccccc1C. The summed E-state index contributed by atoms with van der Waals surface area (Å²) in [6.45, 7) is 4.60. The van der Waals surface area contributed by atoms with Gasteiger partial charge in [-0.05, 0) is 56.2 Å². The third-order valence-corrected chi connectivity index (χ3v) is 3.71. The summed E-state index contributed by atoms with van der Waals surface area (Å²) in [7, 11) is 0. The lowest BCUT2D eigenvalue weighted by molar-refractivity contribution is 0.0954. The molecule has 25 heavy (non-hydrogen) atoms. The van der Waals surface area contributed by atoms with Gasteiger partial charge in [-0.25, -0.2) is 4.39 Å². The Morgan fingerprint density at radius 3 is 2.56 bits per heavy atom. The van der Waals surface area contributed by atoms with Gasteiger partial charge in [-0.2, -0.15) is 0 Å². The summed E-state index contributed by atoms with van der Waals surface area (Å²) < 4.78 is 12.8. The predicted octanol–water partition coefficient (Wildman–Crippen LogP) is 4.99. The van der Waals surface area contributed by atoms with Crippen molar-refractivity contribution in [3.8, 4) is 0 Å². The van der Waals surface area contributed by atoms with Crippen molar-refractivity contribution in [2.45, 2.75) is 26.7 Å². The molecule has 3 nitrogen and oxygen atoms in total. The van der Waals surface area contributed by atoms with Gasteiger partial charge in [0.05, 0.1) is 5.69 Å². The topological polar surface area (TPSA) is 41.5 Å². The Bertz CT molecular complexity index is 764. The normalized spacial score (nSPS) is 11.7. The van der Waals surface area contributed by atoms with Gasteiger partial charge in [0.15, 0.2) is 0 Å². The molecule has 0 fully saturated rings. The molecule has 0 aliphatic rings. The van der Waals surface area contributed by atoms with Gasteiger partial charge in [0, 0.05) is 24.2 Å². The van der Waals surface area contributed by atoms with Crippen molar-refractivity contribution in [1.29, 1.82) is 0 Å². The first-order valence-corrected chi connectivity index (χ1v) is 8.35. The highest BCUT2D eigenvalue weighted by Gasteiger charge is 2.03. The fraction of sp³-hybridized carbons (Fsp3) is 0.238. The summed E-state index contributed by atoms with van der Waals surface area (Å²) in [5, 5.41) is 2.81. The van der Waals surface area contributed by atoms with Gasteiger partial charge in [0.2, 0.25) is 0 Å². The minimum Gasteiger partial charge on any atom is -0.352 e. The summed E-state index contributed by atoms with van der Waals surface area (Å²) in [6, 6.07) is 13.6. The fourth-order valence-corrected chi connectivity index (χ4v) is 2.28. The maximum Gasteiger partial charge on any atom is 0.251 e. The number of amides is 1. The molecule has 0 heterocycles. The number of carbonyl (C=O) groups is 1. The molecule has 1 N–H and O–H groups in total. The number of benzene rings is 2. The molecule has 130 valence electrons. The zero-order valence-corrected chi connectivity index (χ0v) is 14.6. The number of hydrogen-bond donors (Lipinski definition) is 1. The fourth-order valence-electron chi connectivity index (χ4n) is 2.28. The molecule has 0 bridgehead atoms.